The fourth-order valence-corrected chi connectivity index (χ4v) is 7.34. The average Bonchev–Trinajstić information content (AvgIpc) is 2.94. The number of aromatic hydroxyl groups is 2. The van der Waals surface area contributed by atoms with Gasteiger partial charge in [-0.25, -0.2) is 0 Å². The summed E-state index contributed by atoms with van der Waals surface area (Å²) in [6.07, 6.45) is 10.2. The van der Waals surface area contributed by atoms with Crippen LogP contribution in [0.2, 0.25) is 0 Å². The molecule has 0 amide bonds. The van der Waals surface area contributed by atoms with E-state index in [1.54, 1.807) is 0 Å². The Morgan fingerprint density at radius 1 is 0.733 bits per heavy atom. The molecule has 0 unspecified atom stereocenters. The maximum Gasteiger partial charge on any atom is 0.305 e. The average molecular weight is 621 g/mol. The molecule has 2 aromatic carbocycles. The summed E-state index contributed by atoms with van der Waals surface area (Å²) in [5, 5.41) is 23.4. The lowest BCUT2D eigenvalue weighted by molar-refractivity contribution is -0.140. The van der Waals surface area contributed by atoms with Crippen molar-refractivity contribution in [2.45, 2.75) is 168 Å². The van der Waals surface area contributed by atoms with Gasteiger partial charge in [-0.1, -0.05) is 113 Å². The molecule has 4 nitrogen and oxygen atoms in total. The van der Waals surface area contributed by atoms with Crippen molar-refractivity contribution < 1.29 is 19.7 Å². The first-order valence-electron chi connectivity index (χ1n) is 17.5. The largest absolute Gasteiger partial charge is 0.507 e. The lowest BCUT2D eigenvalue weighted by Gasteiger charge is -2.36. The predicted octanol–water partition coefficient (Wildman–Crippen LogP) is 10.9. The van der Waals surface area contributed by atoms with Crippen LogP contribution in [0.1, 0.15) is 173 Å². The van der Waals surface area contributed by atoms with Gasteiger partial charge in [0.25, 0.3) is 0 Å². The Balaban J connectivity index is 1.97. The van der Waals surface area contributed by atoms with Crippen molar-refractivity contribution in [1.82, 2.24) is 0 Å². The van der Waals surface area contributed by atoms with Crippen molar-refractivity contribution in [2.24, 2.45) is 5.92 Å². The highest BCUT2D eigenvalue weighted by Crippen LogP contribution is 2.48. The molecule has 252 valence electrons. The number of phenols is 2. The van der Waals surface area contributed by atoms with Gasteiger partial charge >= 0.3 is 5.97 Å². The molecule has 1 aliphatic carbocycles. The molecule has 0 bridgehead atoms. The molecule has 45 heavy (non-hydrogen) atoms. The molecular weight excluding hydrogens is 556 g/mol. The Morgan fingerprint density at radius 3 is 1.64 bits per heavy atom. The molecule has 0 radical (unpaired) electrons. The Hall–Kier alpha value is -2.49. The van der Waals surface area contributed by atoms with E-state index in [9.17, 15) is 15.0 Å². The lowest BCUT2D eigenvalue weighted by Crippen LogP contribution is -2.27. The van der Waals surface area contributed by atoms with Crippen LogP contribution < -0.4 is 0 Å². The number of carbonyl (C=O) groups excluding carboxylic acids is 1. The fourth-order valence-electron chi connectivity index (χ4n) is 7.34. The summed E-state index contributed by atoms with van der Waals surface area (Å²) in [5.74, 6) is 1.97. The molecule has 3 rings (SSSR count). The number of hydrogen-bond acceptors (Lipinski definition) is 4. The van der Waals surface area contributed by atoms with Crippen LogP contribution in [-0.4, -0.2) is 23.3 Å². The van der Waals surface area contributed by atoms with E-state index in [1.807, 2.05) is 0 Å². The zero-order chi connectivity index (χ0) is 34.0. The van der Waals surface area contributed by atoms with E-state index < -0.39 is 0 Å². The van der Waals surface area contributed by atoms with Crippen LogP contribution in [0.3, 0.4) is 0 Å². The van der Waals surface area contributed by atoms with Gasteiger partial charge < -0.3 is 14.9 Å². The number of carbonyl (C=O) groups is 1. The van der Waals surface area contributed by atoms with E-state index in [0.29, 0.717) is 30.3 Å². The van der Waals surface area contributed by atoms with Gasteiger partial charge in [0.2, 0.25) is 0 Å². The van der Waals surface area contributed by atoms with Crippen molar-refractivity contribution in [1.29, 1.82) is 0 Å². The number of rotatable bonds is 11. The minimum absolute atomic E-state index is 0.163. The van der Waals surface area contributed by atoms with E-state index in [4.69, 9.17) is 4.74 Å². The predicted molar refractivity (Wildman–Crippen MR) is 189 cm³/mol. The minimum atomic E-state index is -0.333. The number of benzene rings is 2. The van der Waals surface area contributed by atoms with Crippen LogP contribution in [0.15, 0.2) is 24.3 Å². The Bertz CT molecular complexity index is 1310. The van der Waals surface area contributed by atoms with Crippen molar-refractivity contribution >= 4 is 5.97 Å². The first-order chi connectivity index (χ1) is 20.7. The highest BCUT2D eigenvalue weighted by Gasteiger charge is 2.35. The molecule has 2 aromatic rings. The molecule has 0 heterocycles. The van der Waals surface area contributed by atoms with Gasteiger partial charge in [-0.3, -0.25) is 4.79 Å². The molecule has 0 aliphatic heterocycles. The van der Waals surface area contributed by atoms with Gasteiger partial charge in [-0.15, -0.1) is 0 Å². The normalized spacial score (nSPS) is 18.2. The maximum absolute atomic E-state index is 12.0. The van der Waals surface area contributed by atoms with Crippen molar-refractivity contribution in [3.05, 3.63) is 57.6 Å². The first-order valence-corrected chi connectivity index (χ1v) is 17.5. The third kappa shape index (κ3) is 9.07. The van der Waals surface area contributed by atoms with Crippen molar-refractivity contribution in [3.63, 3.8) is 0 Å². The third-order valence-electron chi connectivity index (χ3n) is 10.6. The van der Waals surface area contributed by atoms with E-state index in [2.05, 4.69) is 100 Å². The fraction of sp³-hybridized carbons (Fsp3) is 0.683. The lowest BCUT2D eigenvalue weighted by atomic mass is 9.69. The molecule has 0 atom stereocenters. The molecule has 0 saturated heterocycles. The van der Waals surface area contributed by atoms with E-state index in [0.717, 1.165) is 46.6 Å². The quantitative estimate of drug-likeness (QED) is 0.245. The minimum Gasteiger partial charge on any atom is -0.507 e. The second kappa shape index (κ2) is 14.1. The zero-order valence-corrected chi connectivity index (χ0v) is 30.7. The Morgan fingerprint density at radius 2 is 1.18 bits per heavy atom. The summed E-state index contributed by atoms with van der Waals surface area (Å²) in [6, 6.07) is 8.76. The summed E-state index contributed by atoms with van der Waals surface area (Å²) in [7, 11) is 1.42. The summed E-state index contributed by atoms with van der Waals surface area (Å²) in [5.41, 5.74) is 5.32. The number of phenolic OH excluding ortho intramolecular Hbond substituents is 2. The SMILES string of the molecule is CCCC1CCC(c2cc(C(C)(C)C)c(O)c(C(C)(C)CCC(C)(C)c3cc(CCC(=O)OC)cc(C(C)(C)C)c3O)c2)CC1. The number of aryl methyl sites for hydroxylation is 1. The van der Waals surface area contributed by atoms with Gasteiger partial charge in [0.15, 0.2) is 0 Å². The molecule has 1 saturated carbocycles. The second-order valence-electron chi connectivity index (χ2n) is 17.4. The van der Waals surface area contributed by atoms with Crippen LogP contribution in [0, 0.1) is 5.92 Å². The van der Waals surface area contributed by atoms with Gasteiger partial charge in [-0.2, -0.15) is 0 Å². The van der Waals surface area contributed by atoms with Gasteiger partial charge in [0.1, 0.15) is 11.5 Å². The summed E-state index contributed by atoms with van der Waals surface area (Å²) >= 11 is 0. The molecule has 1 aliphatic rings. The van der Waals surface area contributed by atoms with Crippen LogP contribution in [-0.2, 0) is 37.6 Å². The van der Waals surface area contributed by atoms with Crippen molar-refractivity contribution in [2.75, 3.05) is 7.11 Å². The third-order valence-corrected chi connectivity index (χ3v) is 10.6. The number of methoxy groups -OCH3 is 1. The smallest absolute Gasteiger partial charge is 0.305 e. The number of esters is 1. The summed E-state index contributed by atoms with van der Waals surface area (Å²) in [4.78, 5) is 12.0. The first kappa shape index (κ1) is 37.0. The second-order valence-corrected chi connectivity index (χ2v) is 17.4. The maximum atomic E-state index is 12.0. The van der Waals surface area contributed by atoms with E-state index in [-0.39, 0.29) is 27.6 Å². The van der Waals surface area contributed by atoms with E-state index >= 15 is 0 Å². The van der Waals surface area contributed by atoms with Gasteiger partial charge in [-0.05, 0) is 101 Å². The topological polar surface area (TPSA) is 66.8 Å². The van der Waals surface area contributed by atoms with Gasteiger partial charge in [0.05, 0.1) is 7.11 Å². The van der Waals surface area contributed by atoms with E-state index in [1.165, 1.54) is 51.2 Å². The van der Waals surface area contributed by atoms with Crippen molar-refractivity contribution in [3.8, 4) is 11.5 Å². The Labute approximate surface area is 275 Å². The zero-order valence-electron chi connectivity index (χ0n) is 30.7. The summed E-state index contributed by atoms with van der Waals surface area (Å²) in [6.45, 7) is 24.2. The molecule has 2 N–H and O–H groups in total. The molecule has 1 fully saturated rings. The highest BCUT2D eigenvalue weighted by molar-refractivity contribution is 5.69. The number of hydrogen-bond donors (Lipinski definition) is 2. The standard InChI is InChI=1S/C41H64O4/c1-13-14-27-15-18-29(19-16-27)30-25-32(39(5,6)7)37(44)34(26-30)41(10,11)22-21-40(8,9)33-24-28(17-20-35(42)45-12)23-31(36(33)43)38(2,3)4/h23-27,29,43-44H,13-22H2,1-12H3. The monoisotopic (exact) mass is 620 g/mol. The van der Waals surface area contributed by atoms with Gasteiger partial charge in [0, 0.05) is 17.5 Å². The Kier molecular flexibility index (Phi) is 11.6. The molecular formula is C41H64O4. The van der Waals surface area contributed by atoms with Crippen LogP contribution >= 0.6 is 0 Å². The molecule has 4 heteroatoms. The molecule has 0 spiro atoms. The number of ether oxygens (including phenoxy) is 1. The van der Waals surface area contributed by atoms with Crippen LogP contribution in [0.5, 0.6) is 11.5 Å². The van der Waals surface area contributed by atoms with Crippen LogP contribution in [0.4, 0.5) is 0 Å². The molecule has 0 aromatic heterocycles. The highest BCUT2D eigenvalue weighted by atomic mass is 16.5. The van der Waals surface area contributed by atoms with Crippen LogP contribution in [0.25, 0.3) is 0 Å². The summed E-state index contributed by atoms with van der Waals surface area (Å²) < 4.78 is 4.90.